The largest absolute Gasteiger partial charge is 0.396 e. The van der Waals surface area contributed by atoms with Gasteiger partial charge in [-0.25, -0.2) is 0 Å². The summed E-state index contributed by atoms with van der Waals surface area (Å²) in [5.74, 6) is -1.89. The number of aliphatic hydroxyl groups excluding tert-OH is 16. The fraction of sp³-hybridized carbons (Fsp3) is 0.951. The van der Waals surface area contributed by atoms with Crippen LogP contribution < -0.4 is 10.6 Å². The van der Waals surface area contributed by atoms with Crippen LogP contribution in [0.25, 0.3) is 0 Å². The highest BCUT2D eigenvalue weighted by molar-refractivity contribution is 5.73. The minimum Gasteiger partial charge on any atom is -0.396 e. The number of hydrogen-bond acceptors (Lipinski definition) is 31. The highest BCUT2D eigenvalue weighted by Gasteiger charge is 2.53. The summed E-state index contributed by atoms with van der Waals surface area (Å²) >= 11 is 0. The second-order valence-corrected chi connectivity index (χ2v) is 17.0. The van der Waals surface area contributed by atoms with Crippen molar-refractivity contribution in [1.82, 2.24) is 10.6 Å². The second kappa shape index (κ2) is 35.3. The van der Waals surface area contributed by atoms with E-state index in [4.69, 9.17) is 47.4 Å². The molecule has 1 rings (SSSR count). The van der Waals surface area contributed by atoms with Crippen LogP contribution in [-0.4, -0.2) is 309 Å². The average Bonchev–Trinajstić information content (AvgIpc) is 3.32. The molecule has 0 saturated carbocycles. The van der Waals surface area contributed by atoms with Crippen molar-refractivity contribution in [1.29, 1.82) is 0 Å². The number of carbonyl (C=O) groups excluding carboxylic acids is 2. The molecular formula is C41H80N2O31. The topological polar surface area (TPSA) is 535 Å². The zero-order chi connectivity index (χ0) is 56.7. The number of amides is 2. The molecule has 0 aromatic carbocycles. The van der Waals surface area contributed by atoms with Gasteiger partial charge >= 0.3 is 0 Å². The molecule has 1 saturated heterocycles. The van der Waals surface area contributed by atoms with Gasteiger partial charge in [0.1, 0.15) is 67.1 Å². The maximum absolute atomic E-state index is 12.9. The Morgan fingerprint density at radius 1 is 0.514 bits per heavy atom. The number of hydrogen-bond donors (Lipinski definition) is 21. The van der Waals surface area contributed by atoms with Crippen molar-refractivity contribution in [2.75, 3.05) is 46.2 Å². The Hall–Kier alpha value is -2.22. The summed E-state index contributed by atoms with van der Waals surface area (Å²) in [6.07, 6.45) is -49.2. The van der Waals surface area contributed by atoms with Gasteiger partial charge in [-0.15, -0.1) is 0 Å². The van der Waals surface area contributed by atoms with Gasteiger partial charge in [0, 0.05) is 20.5 Å². The van der Waals surface area contributed by atoms with Crippen molar-refractivity contribution < 1.29 is 154 Å². The van der Waals surface area contributed by atoms with E-state index >= 15 is 0 Å². The van der Waals surface area contributed by atoms with Crippen LogP contribution in [0.4, 0.5) is 0 Å². The van der Waals surface area contributed by atoms with Crippen LogP contribution in [-0.2, 0) is 57.0 Å². The molecule has 1 aliphatic rings. The van der Waals surface area contributed by atoms with Crippen LogP contribution in [0.3, 0.4) is 0 Å². The molecule has 17 unspecified atom stereocenters. The van der Waals surface area contributed by atoms with Crippen molar-refractivity contribution in [3.63, 3.8) is 0 Å². The summed E-state index contributed by atoms with van der Waals surface area (Å²) in [4.78, 5) is 25.3. The number of aliphatic hydroxyl groups is 19. The van der Waals surface area contributed by atoms with Gasteiger partial charge in [-0.1, -0.05) is 0 Å². The first kappa shape index (κ1) is 69.8. The maximum atomic E-state index is 12.9. The lowest BCUT2D eigenvalue weighted by Gasteiger charge is -2.49. The van der Waals surface area contributed by atoms with Crippen LogP contribution in [0.15, 0.2) is 0 Å². The molecule has 0 radical (unpaired) electrons. The molecule has 1 fully saturated rings. The van der Waals surface area contributed by atoms with E-state index in [0.717, 1.165) is 34.6 Å². The van der Waals surface area contributed by atoms with E-state index in [-0.39, 0.29) is 0 Å². The predicted molar refractivity (Wildman–Crippen MR) is 237 cm³/mol. The second-order valence-electron chi connectivity index (χ2n) is 17.0. The minimum absolute atomic E-state index is 0.547. The van der Waals surface area contributed by atoms with E-state index in [1.165, 1.54) is 6.92 Å². The molecule has 0 aromatic heterocycles. The molecule has 33 nitrogen and oxygen atoms in total. The summed E-state index contributed by atoms with van der Waals surface area (Å²) in [7, 11) is 0. The molecule has 0 aromatic rings. The predicted octanol–water partition coefficient (Wildman–Crippen LogP) is -11.4. The normalized spacial score (nSPS) is 25.6. The summed E-state index contributed by atoms with van der Waals surface area (Å²) in [6.45, 7) is -0.578. The molecule has 1 heterocycles. The molecule has 2 amide bonds. The Labute approximate surface area is 424 Å². The Balaban J connectivity index is 4.03. The van der Waals surface area contributed by atoms with E-state index in [2.05, 4.69) is 10.6 Å². The quantitative estimate of drug-likeness (QED) is 0.0254. The lowest BCUT2D eigenvalue weighted by molar-refractivity contribution is -0.378. The number of ether oxygens (including phenoxy) is 10. The van der Waals surface area contributed by atoms with Gasteiger partial charge in [-0.05, 0) is 34.1 Å². The van der Waals surface area contributed by atoms with E-state index < -0.39 is 219 Å². The Morgan fingerprint density at radius 3 is 1.35 bits per heavy atom. The van der Waals surface area contributed by atoms with Crippen molar-refractivity contribution >= 4 is 11.8 Å². The van der Waals surface area contributed by atoms with Gasteiger partial charge in [0.05, 0.1) is 70.2 Å². The van der Waals surface area contributed by atoms with E-state index in [1.807, 2.05) is 0 Å². The molecule has 33 heteroatoms. The molecule has 440 valence electrons. The summed E-state index contributed by atoms with van der Waals surface area (Å²) in [5.41, 5.74) is 0. The molecule has 1 aliphatic heterocycles. The summed E-state index contributed by atoms with van der Waals surface area (Å²) in [5, 5.41) is 200. The van der Waals surface area contributed by atoms with Gasteiger partial charge in [-0.3, -0.25) is 9.59 Å². The molecule has 74 heavy (non-hydrogen) atoms. The highest BCUT2D eigenvalue weighted by atomic mass is 16.8. The minimum atomic E-state index is -2.81. The van der Waals surface area contributed by atoms with Crippen molar-refractivity contribution in [3.8, 4) is 0 Å². The number of rotatable bonds is 39. The van der Waals surface area contributed by atoms with E-state index in [9.17, 15) is 107 Å². The Bertz CT molecular complexity index is 1510. The highest BCUT2D eigenvalue weighted by Crippen LogP contribution is 2.33. The van der Waals surface area contributed by atoms with E-state index in [0.29, 0.717) is 0 Å². The lowest BCUT2D eigenvalue weighted by Crippen LogP contribution is -2.69. The van der Waals surface area contributed by atoms with Crippen molar-refractivity contribution in [3.05, 3.63) is 0 Å². The first-order valence-corrected chi connectivity index (χ1v) is 23.2. The fourth-order valence-corrected chi connectivity index (χ4v) is 6.79. The molecule has 0 bridgehead atoms. The third kappa shape index (κ3) is 22.6. The summed E-state index contributed by atoms with van der Waals surface area (Å²) in [6, 6.07) is -1.96. The van der Waals surface area contributed by atoms with Crippen molar-refractivity contribution in [2.24, 2.45) is 0 Å². The van der Waals surface area contributed by atoms with Gasteiger partial charge in [0.25, 0.3) is 0 Å². The van der Waals surface area contributed by atoms with Gasteiger partial charge in [0.15, 0.2) is 12.5 Å². The van der Waals surface area contributed by atoms with Crippen LogP contribution in [0.1, 0.15) is 48.0 Å². The molecule has 0 aliphatic carbocycles. The Kier molecular flexibility index (Phi) is 33.3. The number of nitrogens with one attached hydrogen (secondary N) is 2. The van der Waals surface area contributed by atoms with Crippen LogP contribution in [0, 0.1) is 0 Å². The smallest absolute Gasteiger partial charge is 0.219 e. The van der Waals surface area contributed by atoms with Crippen LogP contribution in [0.5, 0.6) is 0 Å². The molecule has 22 atom stereocenters. The van der Waals surface area contributed by atoms with Gasteiger partial charge in [-0.2, -0.15) is 0 Å². The fourth-order valence-electron chi connectivity index (χ4n) is 6.79. The van der Waals surface area contributed by atoms with Crippen molar-refractivity contribution in [2.45, 2.75) is 202 Å². The Morgan fingerprint density at radius 2 is 0.959 bits per heavy atom. The summed E-state index contributed by atoms with van der Waals surface area (Å²) < 4.78 is 57.1. The van der Waals surface area contributed by atoms with Gasteiger partial charge in [0.2, 0.25) is 55.8 Å². The third-order valence-electron chi connectivity index (χ3n) is 10.8. The first-order chi connectivity index (χ1) is 34.7. The lowest BCUT2D eigenvalue weighted by atomic mass is 9.95. The molecular weight excluding hydrogens is 1020 g/mol. The standard InChI is InChI=1S/C41H80N2O31/c1-15(51)23(10-46)66-38(33(43-20(6)55)74-41(36(63)64)68-25(12-48)17(3)53)65-18(4)26(13-49)69-40(35(61)62)72-31-27(14-50)70-37(71-30(21(56)7-8-44)29(58)22(57)9-45)28(42-19(5)54)32(31)73-39(34(59)60)67-24(11-47)16(2)52/h15-18,21-41,44-53,56-64H,7-14H2,1-6H3,(H,42,54)(H,43,55)/t15-,16+,17+,18+,21?,22?,23?,24?,25?,26?,27?,28?,29?,30?,31?,32?,33+,37?,38?,39?,40?,41?/m1/s1. The molecule has 0 spiro atoms. The van der Waals surface area contributed by atoms with Crippen LogP contribution in [0.2, 0.25) is 0 Å². The zero-order valence-electron chi connectivity index (χ0n) is 41.5. The molecule has 21 N–H and O–H groups in total. The monoisotopic (exact) mass is 1100 g/mol. The zero-order valence-corrected chi connectivity index (χ0v) is 41.5. The van der Waals surface area contributed by atoms with E-state index in [1.54, 1.807) is 0 Å². The maximum Gasteiger partial charge on any atom is 0.219 e. The number of carbonyl (C=O) groups is 2. The first-order valence-electron chi connectivity index (χ1n) is 23.2. The van der Waals surface area contributed by atoms with Gasteiger partial charge < -0.3 is 155 Å². The third-order valence-corrected chi connectivity index (χ3v) is 10.8. The SMILES string of the molecule is CC(=O)NC1C(OC(C(O)CCO)C(O)C(O)CO)OC(CO)C(OC(OC(CO)[C@H](C)OC(OC(CO)[C@@H](C)O)[C@@H](NC(C)=O)OC(OC(CO)[C@H](C)O)C(O)O)C(O)O)C1OC(OC(CO)[C@H](C)O)C(O)O. The average molecular weight is 1100 g/mol. The van der Waals surface area contributed by atoms with Crippen LogP contribution >= 0.6 is 0 Å².